The smallest absolute Gasteiger partial charge is 0.290 e. The van der Waals surface area contributed by atoms with Gasteiger partial charge in [0.15, 0.2) is 0 Å². The Morgan fingerprint density at radius 2 is 1.94 bits per heavy atom. The lowest BCUT2D eigenvalue weighted by molar-refractivity contribution is -0.123. The highest BCUT2D eigenvalue weighted by Crippen LogP contribution is 2.24. The third-order valence-corrected chi connectivity index (χ3v) is 4.27. The van der Waals surface area contributed by atoms with Crippen molar-refractivity contribution >= 4 is 42.1 Å². The van der Waals surface area contributed by atoms with Gasteiger partial charge in [-0.05, 0) is 0 Å². The van der Waals surface area contributed by atoms with E-state index < -0.39 is 14.5 Å². The van der Waals surface area contributed by atoms with Crippen LogP contribution < -0.4 is 5.32 Å². The lowest BCUT2D eigenvalue weighted by atomic mass is 9.96. The zero-order valence-corrected chi connectivity index (χ0v) is 11.2. The molecule has 16 heavy (non-hydrogen) atoms. The maximum absolute atomic E-state index is 11.5. The van der Waals surface area contributed by atoms with E-state index in [2.05, 4.69) is 15.5 Å². The van der Waals surface area contributed by atoms with Gasteiger partial charge in [0.2, 0.25) is 15.4 Å². The minimum atomic E-state index is -3.89. The standard InChI is InChI=1S/C7H10ClN3O3S2/c1-7(2,3)4(12)9-5-10-11-6(15-5)16(8,13)14/h1-3H3,(H,9,10,12). The van der Waals surface area contributed by atoms with Crippen molar-refractivity contribution in [2.75, 3.05) is 5.32 Å². The molecule has 0 fully saturated rings. The lowest BCUT2D eigenvalue weighted by Gasteiger charge is -2.15. The molecule has 6 nitrogen and oxygen atoms in total. The van der Waals surface area contributed by atoms with Gasteiger partial charge in [0.25, 0.3) is 9.05 Å². The van der Waals surface area contributed by atoms with Gasteiger partial charge in [0, 0.05) is 16.1 Å². The van der Waals surface area contributed by atoms with E-state index in [-0.39, 0.29) is 15.4 Å². The Kier molecular flexibility index (Phi) is 3.56. The molecular formula is C7H10ClN3O3S2. The molecule has 1 N–H and O–H groups in total. The second-order valence-electron chi connectivity index (χ2n) is 4.02. The van der Waals surface area contributed by atoms with Crippen LogP contribution >= 0.6 is 22.0 Å². The molecule has 0 unspecified atom stereocenters. The van der Waals surface area contributed by atoms with Gasteiger partial charge < -0.3 is 5.32 Å². The Morgan fingerprint density at radius 3 is 2.31 bits per heavy atom. The molecule has 0 saturated carbocycles. The third-order valence-electron chi connectivity index (χ3n) is 1.52. The quantitative estimate of drug-likeness (QED) is 0.655. The molecule has 0 spiro atoms. The van der Waals surface area contributed by atoms with Gasteiger partial charge in [-0.15, -0.1) is 10.2 Å². The van der Waals surface area contributed by atoms with Gasteiger partial charge in [-0.2, -0.15) is 0 Å². The minimum Gasteiger partial charge on any atom is -0.300 e. The van der Waals surface area contributed by atoms with Crippen LogP contribution in [0.2, 0.25) is 0 Å². The molecule has 0 atom stereocenters. The summed E-state index contributed by atoms with van der Waals surface area (Å²) in [6.45, 7) is 5.17. The summed E-state index contributed by atoms with van der Waals surface area (Å²) in [6.07, 6.45) is 0. The van der Waals surface area contributed by atoms with Gasteiger partial charge in [-0.25, -0.2) is 8.42 Å². The largest absolute Gasteiger partial charge is 0.300 e. The van der Waals surface area contributed by atoms with Crippen LogP contribution in [0.25, 0.3) is 0 Å². The number of amides is 1. The van der Waals surface area contributed by atoms with E-state index in [1.54, 1.807) is 20.8 Å². The molecule has 1 amide bonds. The van der Waals surface area contributed by atoms with Crippen LogP contribution in [0.5, 0.6) is 0 Å². The number of anilines is 1. The van der Waals surface area contributed by atoms with Crippen molar-refractivity contribution in [2.24, 2.45) is 5.41 Å². The maximum atomic E-state index is 11.5. The summed E-state index contributed by atoms with van der Waals surface area (Å²) in [5.41, 5.74) is -0.592. The SMILES string of the molecule is CC(C)(C)C(=O)Nc1nnc(S(=O)(=O)Cl)s1. The first-order chi connectivity index (χ1) is 7.10. The van der Waals surface area contributed by atoms with E-state index in [9.17, 15) is 13.2 Å². The summed E-state index contributed by atoms with van der Waals surface area (Å²) in [5, 5.41) is 9.43. The van der Waals surface area contributed by atoms with Gasteiger partial charge in [-0.1, -0.05) is 32.1 Å². The van der Waals surface area contributed by atoms with Crippen LogP contribution in [0.4, 0.5) is 5.13 Å². The predicted molar refractivity (Wildman–Crippen MR) is 61.0 cm³/mol. The van der Waals surface area contributed by atoms with Crippen molar-refractivity contribution in [1.82, 2.24) is 10.2 Å². The summed E-state index contributed by atoms with van der Waals surface area (Å²) in [5.74, 6) is -0.276. The average Bonchev–Trinajstić information content (AvgIpc) is 2.49. The van der Waals surface area contributed by atoms with Gasteiger partial charge in [-0.3, -0.25) is 4.79 Å². The molecule has 0 aliphatic rings. The number of carbonyl (C=O) groups excluding carboxylic acids is 1. The lowest BCUT2D eigenvalue weighted by Crippen LogP contribution is -2.27. The highest BCUT2D eigenvalue weighted by atomic mass is 35.7. The number of halogens is 1. The fourth-order valence-electron chi connectivity index (χ4n) is 0.643. The fourth-order valence-corrected chi connectivity index (χ4v) is 2.27. The Labute approximate surface area is 101 Å². The van der Waals surface area contributed by atoms with Gasteiger partial charge in [0.1, 0.15) is 0 Å². The van der Waals surface area contributed by atoms with Crippen LogP contribution in [0, 0.1) is 5.41 Å². The number of hydrogen-bond acceptors (Lipinski definition) is 6. The normalized spacial score (nSPS) is 12.5. The fraction of sp³-hybridized carbons (Fsp3) is 0.571. The number of hydrogen-bond donors (Lipinski definition) is 1. The molecule has 1 rings (SSSR count). The molecule has 1 aromatic heterocycles. The van der Waals surface area contributed by atoms with Crippen LogP contribution in [0.1, 0.15) is 20.8 Å². The zero-order chi connectivity index (χ0) is 12.6. The van der Waals surface area contributed by atoms with Crippen molar-refractivity contribution in [2.45, 2.75) is 25.1 Å². The Hall–Kier alpha value is -0.730. The number of rotatable bonds is 2. The Morgan fingerprint density at radius 1 is 1.38 bits per heavy atom. The van der Waals surface area contributed by atoms with E-state index in [1.165, 1.54) is 0 Å². The average molecular weight is 284 g/mol. The summed E-state index contributed by atoms with van der Waals surface area (Å²) in [4.78, 5) is 11.5. The van der Waals surface area contributed by atoms with E-state index in [4.69, 9.17) is 10.7 Å². The highest BCUT2D eigenvalue weighted by molar-refractivity contribution is 8.15. The summed E-state index contributed by atoms with van der Waals surface area (Å²) >= 11 is 0.710. The van der Waals surface area contributed by atoms with Crippen molar-refractivity contribution in [3.8, 4) is 0 Å². The monoisotopic (exact) mass is 283 g/mol. The molecule has 0 aliphatic heterocycles. The second kappa shape index (κ2) is 4.27. The van der Waals surface area contributed by atoms with Crippen molar-refractivity contribution in [3.05, 3.63) is 0 Å². The molecular weight excluding hydrogens is 274 g/mol. The molecule has 90 valence electrons. The topological polar surface area (TPSA) is 89.0 Å². The van der Waals surface area contributed by atoms with Crippen molar-refractivity contribution < 1.29 is 13.2 Å². The summed E-state index contributed by atoms with van der Waals surface area (Å²) in [6, 6.07) is 0. The van der Waals surface area contributed by atoms with Gasteiger partial charge >= 0.3 is 0 Å². The van der Waals surface area contributed by atoms with E-state index in [1.807, 2.05) is 0 Å². The van der Waals surface area contributed by atoms with Crippen molar-refractivity contribution in [3.63, 3.8) is 0 Å². The van der Waals surface area contributed by atoms with Crippen molar-refractivity contribution in [1.29, 1.82) is 0 Å². The number of aromatic nitrogens is 2. The molecule has 1 aromatic rings. The molecule has 1 heterocycles. The molecule has 0 aliphatic carbocycles. The first-order valence-electron chi connectivity index (χ1n) is 4.20. The van der Waals surface area contributed by atoms with E-state index in [0.717, 1.165) is 0 Å². The number of nitrogens with zero attached hydrogens (tertiary/aromatic N) is 2. The summed E-state index contributed by atoms with van der Waals surface area (Å²) < 4.78 is 21.4. The Balaban J connectivity index is 2.86. The van der Waals surface area contributed by atoms with Crippen LogP contribution in [-0.4, -0.2) is 24.5 Å². The molecule has 0 aromatic carbocycles. The minimum absolute atomic E-state index is 0.110. The molecule has 0 radical (unpaired) electrons. The predicted octanol–water partition coefficient (Wildman–Crippen LogP) is 1.45. The van der Waals surface area contributed by atoms with E-state index >= 15 is 0 Å². The van der Waals surface area contributed by atoms with Crippen LogP contribution in [0.15, 0.2) is 4.34 Å². The van der Waals surface area contributed by atoms with Crippen LogP contribution in [0.3, 0.4) is 0 Å². The first kappa shape index (κ1) is 13.3. The first-order valence-corrected chi connectivity index (χ1v) is 7.33. The van der Waals surface area contributed by atoms with E-state index in [0.29, 0.717) is 11.3 Å². The number of carbonyl (C=O) groups is 1. The molecule has 0 bridgehead atoms. The maximum Gasteiger partial charge on any atom is 0.290 e. The number of nitrogens with one attached hydrogen (secondary N) is 1. The molecule has 9 heteroatoms. The van der Waals surface area contributed by atoms with Gasteiger partial charge in [0.05, 0.1) is 0 Å². The summed E-state index contributed by atoms with van der Waals surface area (Å²) in [7, 11) is 1.18. The van der Waals surface area contributed by atoms with Crippen LogP contribution in [-0.2, 0) is 13.8 Å². The third kappa shape index (κ3) is 3.39. The highest BCUT2D eigenvalue weighted by Gasteiger charge is 2.24. The molecule has 0 saturated heterocycles. The second-order valence-corrected chi connectivity index (χ2v) is 7.73. The Bertz CT molecular complexity index is 503. The zero-order valence-electron chi connectivity index (χ0n) is 8.81.